The fourth-order valence-electron chi connectivity index (χ4n) is 3.69. The van der Waals surface area contributed by atoms with Crippen LogP contribution in [0.4, 0.5) is 19.0 Å². The molecule has 1 saturated heterocycles. The van der Waals surface area contributed by atoms with Gasteiger partial charge in [0.25, 0.3) is 5.82 Å². The number of halogens is 4. The minimum atomic E-state index is -4.64. The van der Waals surface area contributed by atoms with Crippen LogP contribution >= 0.6 is 11.6 Å². The summed E-state index contributed by atoms with van der Waals surface area (Å²) in [6.45, 7) is 2.91. The lowest BCUT2D eigenvalue weighted by Crippen LogP contribution is -2.41. The van der Waals surface area contributed by atoms with E-state index in [2.05, 4.69) is 20.6 Å². The summed E-state index contributed by atoms with van der Waals surface area (Å²) in [6, 6.07) is 10.2. The Hall–Kier alpha value is -2.88. The average molecular weight is 453 g/mol. The summed E-state index contributed by atoms with van der Waals surface area (Å²) >= 11 is 6.02. The van der Waals surface area contributed by atoms with Crippen molar-refractivity contribution in [2.75, 3.05) is 18.0 Å². The van der Waals surface area contributed by atoms with Crippen LogP contribution in [0.5, 0.6) is 0 Å². The van der Waals surface area contributed by atoms with Gasteiger partial charge in [0.2, 0.25) is 5.91 Å². The zero-order chi connectivity index (χ0) is 22.2. The average Bonchev–Trinajstić information content (AvgIpc) is 3.17. The molecule has 0 bridgehead atoms. The fraction of sp³-hybridized carbons (Fsp3) is 0.400. The Morgan fingerprint density at radius 1 is 1.19 bits per heavy atom. The second-order valence-electron chi connectivity index (χ2n) is 7.53. The first kappa shape index (κ1) is 21.4. The molecule has 2 aromatic heterocycles. The number of hydrogen-bond donors (Lipinski definition) is 1. The van der Waals surface area contributed by atoms with Crippen molar-refractivity contribution >= 4 is 29.0 Å². The number of hydrogen-bond acceptors (Lipinski definition) is 5. The first-order chi connectivity index (χ1) is 14.7. The highest BCUT2D eigenvalue weighted by atomic mass is 35.5. The number of piperidine rings is 1. The van der Waals surface area contributed by atoms with Crippen molar-refractivity contribution < 1.29 is 18.0 Å². The fourth-order valence-corrected chi connectivity index (χ4v) is 3.88. The zero-order valence-corrected chi connectivity index (χ0v) is 17.4. The van der Waals surface area contributed by atoms with E-state index in [0.717, 1.165) is 5.56 Å². The second-order valence-corrected chi connectivity index (χ2v) is 7.97. The van der Waals surface area contributed by atoms with Gasteiger partial charge in [0.05, 0.1) is 6.04 Å². The van der Waals surface area contributed by atoms with Gasteiger partial charge in [-0.2, -0.15) is 17.7 Å². The van der Waals surface area contributed by atoms with E-state index >= 15 is 0 Å². The third kappa shape index (κ3) is 4.58. The quantitative estimate of drug-likeness (QED) is 0.650. The highest BCUT2D eigenvalue weighted by Gasteiger charge is 2.38. The van der Waals surface area contributed by atoms with E-state index in [9.17, 15) is 18.0 Å². The van der Waals surface area contributed by atoms with Crippen molar-refractivity contribution in [3.05, 3.63) is 52.8 Å². The molecule has 0 radical (unpaired) electrons. The molecule has 7 nitrogen and oxygen atoms in total. The maximum Gasteiger partial charge on any atom is 0.453 e. The van der Waals surface area contributed by atoms with Crippen molar-refractivity contribution in [1.82, 2.24) is 25.1 Å². The number of fused-ring (bicyclic) bond motifs is 1. The number of carbonyl (C=O) groups excluding carboxylic acids is 1. The monoisotopic (exact) mass is 452 g/mol. The highest BCUT2D eigenvalue weighted by molar-refractivity contribution is 6.30. The van der Waals surface area contributed by atoms with Crippen molar-refractivity contribution in [1.29, 1.82) is 0 Å². The standard InChI is InChI=1S/C20H20ClF3N6O/c1-12(14-3-2-4-15(21)11-14)25-18(31)13-7-9-29(10-8-13)17-6-5-16-26-27-19(20(22,23)24)30(16)28-17/h2-6,11-13H,7-10H2,1H3,(H,25,31)/t12-/m1/s1. The van der Waals surface area contributed by atoms with Crippen LogP contribution in [0.15, 0.2) is 36.4 Å². The molecule has 4 rings (SSSR count). The van der Waals surface area contributed by atoms with E-state index in [1.165, 1.54) is 6.07 Å². The van der Waals surface area contributed by atoms with Crippen LogP contribution in [0.2, 0.25) is 5.02 Å². The van der Waals surface area contributed by atoms with E-state index in [4.69, 9.17) is 11.6 Å². The van der Waals surface area contributed by atoms with Crippen LogP contribution < -0.4 is 10.2 Å². The normalized spacial score (nSPS) is 16.5. The summed E-state index contributed by atoms with van der Waals surface area (Å²) in [7, 11) is 0. The van der Waals surface area contributed by atoms with E-state index in [1.54, 1.807) is 12.1 Å². The SMILES string of the molecule is C[C@@H](NC(=O)C1CCN(c2ccc3nnc(C(F)(F)F)n3n2)CC1)c1cccc(Cl)c1. The summed E-state index contributed by atoms with van der Waals surface area (Å²) in [5.41, 5.74) is 0.950. The van der Waals surface area contributed by atoms with Gasteiger partial charge >= 0.3 is 6.18 Å². The van der Waals surface area contributed by atoms with Gasteiger partial charge in [-0.25, -0.2) is 0 Å². The molecule has 11 heteroatoms. The molecule has 1 aliphatic heterocycles. The maximum atomic E-state index is 13.1. The second kappa shape index (κ2) is 8.33. The van der Waals surface area contributed by atoms with Crippen LogP contribution in [0.3, 0.4) is 0 Å². The molecule has 0 spiro atoms. The molecule has 1 atom stereocenters. The number of rotatable bonds is 4. The van der Waals surface area contributed by atoms with E-state index < -0.39 is 12.0 Å². The van der Waals surface area contributed by atoms with Crippen LogP contribution in [-0.2, 0) is 11.0 Å². The number of nitrogens with zero attached hydrogens (tertiary/aromatic N) is 5. The Kier molecular flexibility index (Phi) is 5.74. The molecule has 1 fully saturated rings. The number of alkyl halides is 3. The lowest BCUT2D eigenvalue weighted by molar-refractivity contribution is -0.146. The van der Waals surface area contributed by atoms with Gasteiger partial charge in [-0.1, -0.05) is 23.7 Å². The molecular weight excluding hydrogens is 433 g/mol. The van der Waals surface area contributed by atoms with Gasteiger partial charge in [0.15, 0.2) is 5.65 Å². The number of anilines is 1. The van der Waals surface area contributed by atoms with Crippen molar-refractivity contribution in [2.45, 2.75) is 32.0 Å². The highest BCUT2D eigenvalue weighted by Crippen LogP contribution is 2.29. The molecule has 3 aromatic rings. The van der Waals surface area contributed by atoms with Crippen LogP contribution in [0.25, 0.3) is 5.65 Å². The largest absolute Gasteiger partial charge is 0.453 e. The summed E-state index contributed by atoms with van der Waals surface area (Å²) in [4.78, 5) is 14.5. The lowest BCUT2D eigenvalue weighted by Gasteiger charge is -2.32. The van der Waals surface area contributed by atoms with Crippen LogP contribution in [0.1, 0.15) is 37.2 Å². The third-order valence-electron chi connectivity index (χ3n) is 5.40. The minimum Gasteiger partial charge on any atom is -0.355 e. The summed E-state index contributed by atoms with van der Waals surface area (Å²) < 4.78 is 40.0. The predicted molar refractivity (Wildman–Crippen MR) is 109 cm³/mol. The van der Waals surface area contributed by atoms with Crippen molar-refractivity contribution in [3.8, 4) is 0 Å². The van der Waals surface area contributed by atoms with E-state index in [-0.39, 0.29) is 23.5 Å². The lowest BCUT2D eigenvalue weighted by atomic mass is 9.95. The predicted octanol–water partition coefficient (Wildman–Crippen LogP) is 3.89. The maximum absolute atomic E-state index is 13.1. The molecule has 0 saturated carbocycles. The topological polar surface area (TPSA) is 75.4 Å². The van der Waals surface area contributed by atoms with Crippen LogP contribution in [-0.4, -0.2) is 38.8 Å². The van der Waals surface area contributed by atoms with Gasteiger partial charge in [-0.05, 0) is 49.6 Å². The van der Waals surface area contributed by atoms with Crippen LogP contribution in [0, 0.1) is 5.92 Å². The summed E-state index contributed by atoms with van der Waals surface area (Å²) in [6.07, 6.45) is -3.50. The zero-order valence-electron chi connectivity index (χ0n) is 16.6. The molecule has 164 valence electrons. The Balaban J connectivity index is 1.40. The van der Waals surface area contributed by atoms with Crippen molar-refractivity contribution in [3.63, 3.8) is 0 Å². The minimum absolute atomic E-state index is 0.0281. The van der Waals surface area contributed by atoms with Crippen molar-refractivity contribution in [2.24, 2.45) is 5.92 Å². The van der Waals surface area contributed by atoms with Gasteiger partial charge < -0.3 is 10.2 Å². The number of aromatic nitrogens is 4. The molecule has 1 amide bonds. The third-order valence-corrected chi connectivity index (χ3v) is 5.63. The van der Waals surface area contributed by atoms with Gasteiger partial charge in [-0.15, -0.1) is 15.3 Å². The molecule has 0 aliphatic carbocycles. The van der Waals surface area contributed by atoms with Gasteiger partial charge in [0, 0.05) is 24.0 Å². The summed E-state index contributed by atoms with van der Waals surface area (Å²) in [5, 5.41) is 14.4. The molecule has 3 heterocycles. The number of benzene rings is 1. The number of carbonyl (C=O) groups is 1. The number of nitrogens with one attached hydrogen (secondary N) is 1. The Morgan fingerprint density at radius 2 is 1.94 bits per heavy atom. The Morgan fingerprint density at radius 3 is 2.61 bits per heavy atom. The van der Waals surface area contributed by atoms with Gasteiger partial charge in [-0.3, -0.25) is 4.79 Å². The molecular formula is C20H20ClF3N6O. The van der Waals surface area contributed by atoms with Gasteiger partial charge in [0.1, 0.15) is 5.82 Å². The smallest absolute Gasteiger partial charge is 0.355 e. The molecule has 1 aromatic carbocycles. The van der Waals surface area contributed by atoms with E-state index in [0.29, 0.717) is 41.3 Å². The molecule has 1 N–H and O–H groups in total. The molecule has 1 aliphatic rings. The summed E-state index contributed by atoms with van der Waals surface area (Å²) in [5.74, 6) is -0.992. The first-order valence-corrected chi connectivity index (χ1v) is 10.2. The Bertz CT molecular complexity index is 1090. The molecule has 0 unspecified atom stereocenters. The Labute approximate surface area is 181 Å². The molecule has 31 heavy (non-hydrogen) atoms. The first-order valence-electron chi connectivity index (χ1n) is 9.83. The number of amides is 1. The van der Waals surface area contributed by atoms with E-state index in [1.807, 2.05) is 30.0 Å².